The Hall–Kier alpha value is -5.89. The molecule has 0 saturated carbocycles. The van der Waals surface area contributed by atoms with Crippen molar-refractivity contribution in [1.29, 1.82) is 0 Å². The Labute approximate surface area is 340 Å². The fraction of sp³-hybridized carbons (Fsp3) is 0.227. The van der Waals surface area contributed by atoms with Crippen LogP contribution in [0.5, 0.6) is 11.5 Å². The normalized spacial score (nSPS) is 13.2. The lowest BCUT2D eigenvalue weighted by molar-refractivity contribution is -0.115. The van der Waals surface area contributed by atoms with Gasteiger partial charge in [-0.3, -0.25) is 19.3 Å². The second-order valence-electron chi connectivity index (χ2n) is 13.1. The summed E-state index contributed by atoms with van der Waals surface area (Å²) in [5, 5.41) is 8.58. The van der Waals surface area contributed by atoms with Gasteiger partial charge in [0.15, 0.2) is 0 Å². The van der Waals surface area contributed by atoms with Crippen LogP contribution in [0.3, 0.4) is 0 Å². The van der Waals surface area contributed by atoms with Gasteiger partial charge < -0.3 is 30.2 Å². The first-order valence-corrected chi connectivity index (χ1v) is 20.1. The van der Waals surface area contributed by atoms with E-state index in [0.29, 0.717) is 51.8 Å². The van der Waals surface area contributed by atoms with Gasteiger partial charge in [-0.1, -0.05) is 54.6 Å². The molecule has 3 N–H and O–H groups in total. The standard InChI is InChI=1S/C44H44N4O7S2/c1-5-55-44(52)39-35-21-22-48(26-29-13-8-6-9-14-29)27-38(35)57-43(39)47-40(49)28(2)56-34-18-12-17-32(25-34)45-42(51)36(46-41(50)30-15-10-7-11-16-30)24-31-23-33(53-3)19-20-37(31)54-4/h6-20,23-25,28H,5,21-22,26-27H2,1-4H3,(H,45,51)(H,46,50)(H,47,49)/b36-24+. The number of carbonyl (C=O) groups excluding carboxylic acids is 4. The number of thiophene rings is 1. The molecule has 57 heavy (non-hydrogen) atoms. The van der Waals surface area contributed by atoms with Crippen molar-refractivity contribution in [2.45, 2.75) is 43.5 Å². The predicted octanol–water partition coefficient (Wildman–Crippen LogP) is 8.03. The summed E-state index contributed by atoms with van der Waals surface area (Å²) in [6.07, 6.45) is 2.20. The van der Waals surface area contributed by atoms with E-state index in [4.69, 9.17) is 14.2 Å². The predicted molar refractivity (Wildman–Crippen MR) is 225 cm³/mol. The zero-order valence-corrected chi connectivity index (χ0v) is 33.8. The highest BCUT2D eigenvalue weighted by atomic mass is 32.2. The Balaban J connectivity index is 1.17. The van der Waals surface area contributed by atoms with Crippen molar-refractivity contribution in [3.63, 3.8) is 0 Å². The lowest BCUT2D eigenvalue weighted by Gasteiger charge is -2.27. The molecule has 4 aromatic carbocycles. The summed E-state index contributed by atoms with van der Waals surface area (Å²) in [6.45, 7) is 6.01. The van der Waals surface area contributed by atoms with Gasteiger partial charge in [0.05, 0.1) is 31.6 Å². The first-order valence-electron chi connectivity index (χ1n) is 18.4. The Bertz CT molecular complexity index is 2260. The van der Waals surface area contributed by atoms with Gasteiger partial charge in [0.2, 0.25) is 5.91 Å². The number of nitrogens with zero attached hydrogens (tertiary/aromatic N) is 1. The minimum Gasteiger partial charge on any atom is -0.497 e. The summed E-state index contributed by atoms with van der Waals surface area (Å²) in [6, 6.07) is 31.1. The van der Waals surface area contributed by atoms with E-state index in [2.05, 4.69) is 33.0 Å². The third kappa shape index (κ3) is 10.5. The van der Waals surface area contributed by atoms with Crippen molar-refractivity contribution in [3.05, 3.63) is 142 Å². The van der Waals surface area contributed by atoms with Gasteiger partial charge >= 0.3 is 5.97 Å². The summed E-state index contributed by atoms with van der Waals surface area (Å²) >= 11 is 2.72. The highest BCUT2D eigenvalue weighted by Gasteiger charge is 2.30. The molecule has 0 bridgehead atoms. The number of ether oxygens (including phenoxy) is 3. The van der Waals surface area contributed by atoms with Crippen LogP contribution in [0.25, 0.3) is 6.08 Å². The molecule has 6 rings (SSSR count). The molecule has 0 spiro atoms. The average molecular weight is 805 g/mol. The number of methoxy groups -OCH3 is 2. The van der Waals surface area contributed by atoms with Crippen LogP contribution in [0.2, 0.25) is 0 Å². The van der Waals surface area contributed by atoms with Crippen molar-refractivity contribution in [1.82, 2.24) is 10.2 Å². The first kappa shape index (κ1) is 40.8. The molecule has 1 unspecified atom stereocenters. The second-order valence-corrected chi connectivity index (χ2v) is 15.6. The summed E-state index contributed by atoms with van der Waals surface area (Å²) in [4.78, 5) is 58.1. The van der Waals surface area contributed by atoms with Crippen molar-refractivity contribution in [3.8, 4) is 11.5 Å². The topological polar surface area (TPSA) is 135 Å². The number of fused-ring (bicyclic) bond motifs is 1. The van der Waals surface area contributed by atoms with Crippen LogP contribution in [0.1, 0.15) is 56.1 Å². The van der Waals surface area contributed by atoms with E-state index in [1.165, 1.54) is 49.0 Å². The molecule has 2 heterocycles. The smallest absolute Gasteiger partial charge is 0.341 e. The van der Waals surface area contributed by atoms with Gasteiger partial charge in [-0.05, 0) is 86.0 Å². The Morgan fingerprint density at radius 1 is 0.895 bits per heavy atom. The number of thioether (sulfide) groups is 1. The first-order chi connectivity index (χ1) is 27.6. The number of hydrogen-bond donors (Lipinski definition) is 3. The van der Waals surface area contributed by atoms with Gasteiger partial charge in [0, 0.05) is 46.2 Å². The number of benzene rings is 4. The SMILES string of the molecule is CCOC(=O)c1c(NC(=O)C(C)Sc2cccc(NC(=O)/C(=C\c3cc(OC)ccc3OC)NC(=O)c3ccccc3)c2)sc2c1CCN(Cc1ccccc1)C2. The second kappa shape index (κ2) is 19.3. The zero-order valence-electron chi connectivity index (χ0n) is 32.1. The molecule has 0 radical (unpaired) electrons. The fourth-order valence-corrected chi connectivity index (χ4v) is 8.51. The molecule has 11 nitrogen and oxygen atoms in total. The zero-order chi connectivity index (χ0) is 40.3. The number of nitrogens with one attached hydrogen (secondary N) is 3. The molecule has 1 atom stereocenters. The van der Waals surface area contributed by atoms with Crippen LogP contribution in [0.15, 0.2) is 114 Å². The summed E-state index contributed by atoms with van der Waals surface area (Å²) in [5.41, 5.74) is 3.89. The van der Waals surface area contributed by atoms with Crippen molar-refractivity contribution < 1.29 is 33.4 Å². The van der Waals surface area contributed by atoms with E-state index in [1.54, 1.807) is 80.6 Å². The molecule has 5 aromatic rings. The molecule has 0 fully saturated rings. The molecule has 294 valence electrons. The van der Waals surface area contributed by atoms with Crippen LogP contribution in [-0.2, 0) is 33.8 Å². The molecule has 1 aliphatic heterocycles. The molecular formula is C44H44N4O7S2. The van der Waals surface area contributed by atoms with Crippen LogP contribution < -0.4 is 25.4 Å². The number of anilines is 2. The quantitative estimate of drug-likeness (QED) is 0.0546. The van der Waals surface area contributed by atoms with E-state index in [0.717, 1.165) is 28.4 Å². The van der Waals surface area contributed by atoms with Gasteiger partial charge in [-0.15, -0.1) is 23.1 Å². The summed E-state index contributed by atoms with van der Waals surface area (Å²) in [5.74, 6) is -0.745. The highest BCUT2D eigenvalue weighted by Crippen LogP contribution is 2.39. The van der Waals surface area contributed by atoms with Crippen molar-refractivity contribution >= 4 is 63.6 Å². The van der Waals surface area contributed by atoms with Crippen LogP contribution in [0.4, 0.5) is 10.7 Å². The van der Waals surface area contributed by atoms with Gasteiger partial charge in [-0.25, -0.2) is 4.79 Å². The molecular weight excluding hydrogens is 761 g/mol. The summed E-state index contributed by atoms with van der Waals surface area (Å²) in [7, 11) is 3.05. The average Bonchev–Trinajstić information content (AvgIpc) is 3.58. The lowest BCUT2D eigenvalue weighted by atomic mass is 10.0. The van der Waals surface area contributed by atoms with Crippen molar-refractivity contribution in [2.24, 2.45) is 0 Å². The highest BCUT2D eigenvalue weighted by molar-refractivity contribution is 8.00. The Morgan fingerprint density at radius 2 is 1.65 bits per heavy atom. The fourth-order valence-electron chi connectivity index (χ4n) is 6.31. The van der Waals surface area contributed by atoms with Crippen LogP contribution >= 0.6 is 23.1 Å². The van der Waals surface area contributed by atoms with Gasteiger partial charge in [-0.2, -0.15) is 0 Å². The van der Waals surface area contributed by atoms with Crippen LogP contribution in [-0.4, -0.2) is 61.2 Å². The molecule has 1 aliphatic rings. The molecule has 3 amide bonds. The van der Waals surface area contributed by atoms with E-state index >= 15 is 0 Å². The summed E-state index contributed by atoms with van der Waals surface area (Å²) < 4.78 is 16.3. The molecule has 13 heteroatoms. The molecule has 1 aromatic heterocycles. The maximum Gasteiger partial charge on any atom is 0.341 e. The molecule has 0 aliphatic carbocycles. The molecule has 0 saturated heterocycles. The van der Waals surface area contributed by atoms with Gasteiger partial charge in [0.25, 0.3) is 11.8 Å². The lowest BCUT2D eigenvalue weighted by Crippen LogP contribution is -2.30. The van der Waals surface area contributed by atoms with Crippen molar-refractivity contribution in [2.75, 3.05) is 38.0 Å². The maximum atomic E-state index is 13.8. The third-order valence-corrected chi connectivity index (χ3v) is 11.4. The van der Waals surface area contributed by atoms with E-state index in [1.807, 2.05) is 24.3 Å². The largest absolute Gasteiger partial charge is 0.497 e. The minimum atomic E-state index is -0.576. The Morgan fingerprint density at radius 3 is 2.37 bits per heavy atom. The monoisotopic (exact) mass is 804 g/mol. The number of rotatable bonds is 15. The maximum absolute atomic E-state index is 13.8. The van der Waals surface area contributed by atoms with E-state index in [9.17, 15) is 19.2 Å². The number of hydrogen-bond acceptors (Lipinski definition) is 10. The number of carbonyl (C=O) groups is 4. The minimum absolute atomic E-state index is 0.0274. The Kier molecular flexibility index (Phi) is 13.8. The van der Waals surface area contributed by atoms with E-state index < -0.39 is 23.0 Å². The number of esters is 1. The van der Waals surface area contributed by atoms with Crippen LogP contribution in [0, 0.1) is 0 Å². The van der Waals surface area contributed by atoms with Gasteiger partial charge in [0.1, 0.15) is 22.2 Å². The number of amides is 3. The van der Waals surface area contributed by atoms with E-state index in [-0.39, 0.29) is 18.2 Å². The third-order valence-electron chi connectivity index (χ3n) is 9.14.